The number of hydrogen-bond acceptors (Lipinski definition) is 2. The van der Waals surface area contributed by atoms with Gasteiger partial charge >= 0.3 is 12.3 Å². The number of halogens is 5. The lowest BCUT2D eigenvalue weighted by Gasteiger charge is -2.28. The second-order valence-corrected chi connectivity index (χ2v) is 4.50. The fourth-order valence-corrected chi connectivity index (χ4v) is 2.19. The Morgan fingerprint density at radius 2 is 2.00 bits per heavy atom. The molecule has 3 nitrogen and oxygen atoms in total. The third-order valence-electron chi connectivity index (χ3n) is 2.98. The van der Waals surface area contributed by atoms with E-state index in [1.165, 1.54) is 0 Å². The second-order valence-electron chi connectivity index (χ2n) is 4.23. The zero-order valence-electron chi connectivity index (χ0n) is 9.51. The molecular formula is C10H12ClF4NO2. The van der Waals surface area contributed by atoms with Crippen molar-refractivity contribution in [2.24, 2.45) is 5.92 Å². The van der Waals surface area contributed by atoms with Gasteiger partial charge in [0.25, 0.3) is 5.91 Å². The van der Waals surface area contributed by atoms with Gasteiger partial charge in [0.2, 0.25) is 0 Å². The molecule has 104 valence electrons. The van der Waals surface area contributed by atoms with Crippen LogP contribution in [0.4, 0.5) is 17.6 Å². The van der Waals surface area contributed by atoms with E-state index in [0.717, 1.165) is 0 Å². The molecular weight excluding hydrogens is 278 g/mol. The average Bonchev–Trinajstić information content (AvgIpc) is 2.68. The molecule has 1 fully saturated rings. The Kier molecular flexibility index (Phi) is 4.58. The lowest BCUT2D eigenvalue weighted by molar-refractivity contribution is -0.182. The molecule has 0 aliphatic carbocycles. The summed E-state index contributed by atoms with van der Waals surface area (Å²) in [5, 5.41) is 0. The molecule has 1 amide bonds. The van der Waals surface area contributed by atoms with E-state index in [2.05, 4.69) is 0 Å². The van der Waals surface area contributed by atoms with Gasteiger partial charge in [-0.1, -0.05) is 6.92 Å². The fourth-order valence-electron chi connectivity index (χ4n) is 2.03. The lowest BCUT2D eigenvalue weighted by Crippen LogP contribution is -2.52. The summed E-state index contributed by atoms with van der Waals surface area (Å²) >= 11 is 5.32. The number of nitrogens with zero attached hydrogens (tertiary/aromatic N) is 1. The molecule has 1 heterocycles. The van der Waals surface area contributed by atoms with Crippen LogP contribution in [0.15, 0.2) is 0 Å². The zero-order valence-corrected chi connectivity index (χ0v) is 10.3. The van der Waals surface area contributed by atoms with Crippen molar-refractivity contribution >= 4 is 23.3 Å². The molecule has 0 N–H and O–H groups in total. The molecule has 1 saturated heterocycles. The van der Waals surface area contributed by atoms with Crippen LogP contribution < -0.4 is 0 Å². The van der Waals surface area contributed by atoms with Crippen molar-refractivity contribution in [1.82, 2.24) is 4.90 Å². The highest BCUT2D eigenvalue weighted by Crippen LogP contribution is 2.32. The van der Waals surface area contributed by atoms with Crippen LogP contribution in [0.5, 0.6) is 0 Å². The van der Waals surface area contributed by atoms with Crippen molar-refractivity contribution in [3.05, 3.63) is 0 Å². The highest BCUT2D eigenvalue weighted by Gasteiger charge is 2.54. The van der Waals surface area contributed by atoms with Crippen LogP contribution in [0.25, 0.3) is 0 Å². The maximum absolute atomic E-state index is 13.0. The number of carbonyl (C=O) groups excluding carboxylic acids is 2. The molecule has 0 bridgehead atoms. The predicted molar refractivity (Wildman–Crippen MR) is 56.0 cm³/mol. The Balaban J connectivity index is 2.95. The van der Waals surface area contributed by atoms with Gasteiger partial charge in [0.15, 0.2) is 5.78 Å². The van der Waals surface area contributed by atoms with Crippen LogP contribution in [-0.2, 0) is 9.59 Å². The largest absolute Gasteiger partial charge is 0.383 e. The van der Waals surface area contributed by atoms with Gasteiger partial charge in [-0.3, -0.25) is 9.59 Å². The third kappa shape index (κ3) is 2.60. The van der Waals surface area contributed by atoms with E-state index in [9.17, 15) is 27.2 Å². The van der Waals surface area contributed by atoms with E-state index < -0.39 is 36.0 Å². The van der Waals surface area contributed by atoms with Gasteiger partial charge < -0.3 is 4.90 Å². The van der Waals surface area contributed by atoms with Gasteiger partial charge in [0.1, 0.15) is 0 Å². The van der Waals surface area contributed by atoms with E-state index >= 15 is 0 Å². The second kappa shape index (κ2) is 5.42. The Morgan fingerprint density at radius 3 is 2.44 bits per heavy atom. The van der Waals surface area contributed by atoms with Crippen molar-refractivity contribution < 1.29 is 27.2 Å². The normalized spacial score (nSPS) is 24.7. The number of rotatable bonds is 4. The summed E-state index contributed by atoms with van der Waals surface area (Å²) in [6.45, 7) is 1.44. The van der Waals surface area contributed by atoms with Crippen molar-refractivity contribution in [2.45, 2.75) is 31.7 Å². The molecule has 0 aromatic carbocycles. The summed E-state index contributed by atoms with van der Waals surface area (Å²) < 4.78 is 50.2. The van der Waals surface area contributed by atoms with E-state index in [0.29, 0.717) is 11.3 Å². The van der Waals surface area contributed by atoms with Gasteiger partial charge in [-0.15, -0.1) is 11.6 Å². The Labute approximate surface area is 106 Å². The van der Waals surface area contributed by atoms with Gasteiger partial charge in [0, 0.05) is 6.54 Å². The summed E-state index contributed by atoms with van der Waals surface area (Å²) in [6.07, 6.45) is -3.79. The fraction of sp³-hybridized carbons (Fsp3) is 0.800. The highest BCUT2D eigenvalue weighted by molar-refractivity contribution is 6.28. The maximum atomic E-state index is 13.0. The Morgan fingerprint density at radius 1 is 1.44 bits per heavy atom. The molecule has 0 radical (unpaired) electrons. The summed E-state index contributed by atoms with van der Waals surface area (Å²) in [5.41, 5.74) is 0. The van der Waals surface area contributed by atoms with Gasteiger partial charge in [-0.25, -0.2) is 8.78 Å². The number of ketones is 1. The van der Waals surface area contributed by atoms with E-state index in [1.807, 2.05) is 0 Å². The van der Waals surface area contributed by atoms with Crippen molar-refractivity contribution in [3.63, 3.8) is 0 Å². The Hall–Kier alpha value is -0.850. The average molecular weight is 290 g/mol. The number of alkyl halides is 5. The molecule has 18 heavy (non-hydrogen) atoms. The molecule has 1 aliphatic heterocycles. The summed E-state index contributed by atoms with van der Waals surface area (Å²) in [4.78, 5) is 23.4. The minimum atomic E-state index is -4.77. The van der Waals surface area contributed by atoms with Crippen molar-refractivity contribution in [3.8, 4) is 0 Å². The molecule has 0 aromatic heterocycles. The maximum Gasteiger partial charge on any atom is 0.383 e. The van der Waals surface area contributed by atoms with Crippen LogP contribution in [0.1, 0.15) is 13.3 Å². The molecule has 1 rings (SSSR count). The first-order valence-electron chi connectivity index (χ1n) is 5.29. The summed E-state index contributed by atoms with van der Waals surface area (Å²) in [6, 6.07) is -1.14. The van der Waals surface area contributed by atoms with E-state index in [4.69, 9.17) is 11.6 Å². The topological polar surface area (TPSA) is 37.4 Å². The predicted octanol–water partition coefficient (Wildman–Crippen LogP) is 1.93. The van der Waals surface area contributed by atoms with Gasteiger partial charge in [0.05, 0.1) is 11.9 Å². The van der Waals surface area contributed by atoms with E-state index in [1.54, 1.807) is 6.92 Å². The molecule has 2 atom stereocenters. The van der Waals surface area contributed by atoms with Crippen LogP contribution in [-0.4, -0.2) is 47.4 Å². The first kappa shape index (κ1) is 15.2. The monoisotopic (exact) mass is 289 g/mol. The zero-order chi connectivity index (χ0) is 14.1. The number of amides is 1. The minimum absolute atomic E-state index is 0.143. The van der Waals surface area contributed by atoms with Gasteiger partial charge in [-0.05, 0) is 12.3 Å². The summed E-state index contributed by atoms with van der Waals surface area (Å²) in [5.74, 6) is -8.20. The highest BCUT2D eigenvalue weighted by atomic mass is 35.5. The SMILES string of the molecule is CC1CCN(C(=O)C(F)(F)C(F)F)C1C(=O)CCl. The molecule has 0 saturated carbocycles. The van der Waals surface area contributed by atoms with Gasteiger partial charge in [-0.2, -0.15) is 8.78 Å². The first-order chi connectivity index (χ1) is 8.23. The molecule has 8 heteroatoms. The third-order valence-corrected chi connectivity index (χ3v) is 3.25. The molecule has 0 spiro atoms. The van der Waals surface area contributed by atoms with Crippen LogP contribution >= 0.6 is 11.6 Å². The number of carbonyl (C=O) groups is 2. The number of Topliss-reactive ketones (excluding diaryl/α,β-unsaturated/α-hetero) is 1. The summed E-state index contributed by atoms with van der Waals surface area (Å²) in [7, 11) is 0. The first-order valence-corrected chi connectivity index (χ1v) is 5.82. The van der Waals surface area contributed by atoms with Crippen molar-refractivity contribution in [1.29, 1.82) is 0 Å². The van der Waals surface area contributed by atoms with Crippen molar-refractivity contribution in [2.75, 3.05) is 12.4 Å². The van der Waals surface area contributed by atoms with E-state index in [-0.39, 0.29) is 12.5 Å². The molecule has 1 aliphatic rings. The number of hydrogen-bond donors (Lipinski definition) is 0. The van der Waals surface area contributed by atoms with Crippen LogP contribution in [0.2, 0.25) is 0 Å². The lowest BCUT2D eigenvalue weighted by atomic mass is 9.99. The molecule has 2 unspecified atom stereocenters. The smallest absolute Gasteiger partial charge is 0.327 e. The quantitative estimate of drug-likeness (QED) is 0.586. The minimum Gasteiger partial charge on any atom is -0.327 e. The van der Waals surface area contributed by atoms with Crippen LogP contribution in [0.3, 0.4) is 0 Å². The molecule has 0 aromatic rings. The number of likely N-dealkylation sites (tertiary alicyclic amines) is 1. The Bertz CT molecular complexity index is 351. The standard InChI is InChI=1S/C10H12ClF4NO2/c1-5-2-3-16(7(5)6(17)4-11)9(18)10(14,15)8(12)13/h5,7-8H,2-4H2,1H3. The van der Waals surface area contributed by atoms with Crippen LogP contribution in [0, 0.1) is 5.92 Å².